The van der Waals surface area contributed by atoms with Crippen LogP contribution < -0.4 is 26.8 Å². The molecule has 1 atom stereocenters. The van der Waals surface area contributed by atoms with Crippen LogP contribution >= 0.6 is 0 Å². The fourth-order valence-electron chi connectivity index (χ4n) is 3.00. The number of guanidine groups is 1. The lowest BCUT2D eigenvalue weighted by Crippen LogP contribution is -2.32. The van der Waals surface area contributed by atoms with Gasteiger partial charge in [0.25, 0.3) is 0 Å². The Bertz CT molecular complexity index is 1210. The van der Waals surface area contributed by atoms with Gasteiger partial charge in [0, 0.05) is 18.0 Å². The second kappa shape index (κ2) is 7.61. The molecule has 3 heterocycles. The van der Waals surface area contributed by atoms with Crippen LogP contribution in [0.25, 0.3) is 0 Å². The van der Waals surface area contributed by atoms with E-state index >= 15 is 0 Å². The van der Waals surface area contributed by atoms with Crippen molar-refractivity contribution in [2.75, 3.05) is 16.8 Å². The van der Waals surface area contributed by atoms with Gasteiger partial charge in [0.15, 0.2) is 6.19 Å². The van der Waals surface area contributed by atoms with E-state index in [0.29, 0.717) is 23.0 Å². The van der Waals surface area contributed by atoms with E-state index in [1.807, 2.05) is 12.3 Å². The second-order valence-corrected chi connectivity index (χ2v) is 6.12. The van der Waals surface area contributed by atoms with Crippen LogP contribution in [0.3, 0.4) is 0 Å². The van der Waals surface area contributed by atoms with Gasteiger partial charge in [-0.2, -0.15) is 10.5 Å². The van der Waals surface area contributed by atoms with Crippen LogP contribution in [0.15, 0.2) is 47.8 Å². The van der Waals surface area contributed by atoms with Gasteiger partial charge in [-0.25, -0.2) is 15.0 Å². The minimum Gasteiger partial charge on any atom is -0.438 e. The van der Waals surface area contributed by atoms with Gasteiger partial charge in [0.1, 0.15) is 35.1 Å². The lowest BCUT2D eigenvalue weighted by molar-refractivity contribution is 0.460. The van der Waals surface area contributed by atoms with Gasteiger partial charge >= 0.3 is 0 Å². The Morgan fingerprint density at radius 1 is 1.13 bits per heavy atom. The molecule has 0 fully saturated rings. The molecule has 0 radical (unpaired) electrons. The number of nitrogens with zero attached hydrogens (tertiary/aromatic N) is 6. The van der Waals surface area contributed by atoms with Crippen LogP contribution in [0.1, 0.15) is 22.7 Å². The predicted octanol–water partition coefficient (Wildman–Crippen LogP) is 1.64. The topological polar surface area (TPSA) is 184 Å². The SMILES string of the molecule is N#CNC1=NC(c2ccc(Oc3cnccn3)cc2)c2c(nc(N)c(C#N)c2N)N1. The highest BCUT2D eigenvalue weighted by atomic mass is 16.5. The van der Waals surface area contributed by atoms with Crippen molar-refractivity contribution in [1.29, 1.82) is 10.5 Å². The Labute approximate surface area is 170 Å². The van der Waals surface area contributed by atoms with Crippen molar-refractivity contribution < 1.29 is 4.74 Å². The van der Waals surface area contributed by atoms with E-state index in [0.717, 1.165) is 5.56 Å². The number of nitrogens with one attached hydrogen (secondary N) is 2. The molecular weight excluding hydrogens is 384 g/mol. The van der Waals surface area contributed by atoms with Crippen molar-refractivity contribution in [3.63, 3.8) is 0 Å². The van der Waals surface area contributed by atoms with E-state index in [2.05, 4.69) is 30.6 Å². The number of hydrogen-bond acceptors (Lipinski definition) is 11. The summed E-state index contributed by atoms with van der Waals surface area (Å²) >= 11 is 0. The highest BCUT2D eigenvalue weighted by molar-refractivity contribution is 5.98. The third kappa shape index (κ3) is 3.34. The lowest BCUT2D eigenvalue weighted by Gasteiger charge is -2.26. The van der Waals surface area contributed by atoms with Crippen LogP contribution in [0.2, 0.25) is 0 Å². The molecule has 0 spiro atoms. The molecule has 4 rings (SSSR count). The summed E-state index contributed by atoms with van der Waals surface area (Å²) in [6.07, 6.45) is 6.39. The zero-order chi connectivity index (χ0) is 21.1. The zero-order valence-corrected chi connectivity index (χ0v) is 15.4. The largest absolute Gasteiger partial charge is 0.438 e. The van der Waals surface area contributed by atoms with Gasteiger partial charge in [-0.15, -0.1) is 0 Å². The number of aliphatic imine (C=N–C) groups is 1. The fraction of sp³-hybridized carbons (Fsp3) is 0.0526. The van der Waals surface area contributed by atoms with Crippen molar-refractivity contribution in [3.8, 4) is 23.9 Å². The first-order valence-corrected chi connectivity index (χ1v) is 8.63. The molecule has 0 amide bonds. The molecule has 1 unspecified atom stereocenters. The summed E-state index contributed by atoms with van der Waals surface area (Å²) in [5, 5.41) is 23.7. The van der Waals surface area contributed by atoms with Crippen LogP contribution in [0.4, 0.5) is 17.3 Å². The van der Waals surface area contributed by atoms with Gasteiger partial charge in [-0.3, -0.25) is 10.3 Å². The quantitative estimate of drug-likeness (QED) is 0.373. The summed E-state index contributed by atoms with van der Waals surface area (Å²) in [6, 6.07) is 8.41. The van der Waals surface area contributed by atoms with Crippen molar-refractivity contribution >= 4 is 23.3 Å². The predicted molar refractivity (Wildman–Crippen MR) is 108 cm³/mol. The monoisotopic (exact) mass is 398 g/mol. The third-order valence-corrected chi connectivity index (χ3v) is 4.32. The van der Waals surface area contributed by atoms with E-state index < -0.39 is 6.04 Å². The van der Waals surface area contributed by atoms with Crippen molar-refractivity contribution in [2.45, 2.75) is 6.04 Å². The Morgan fingerprint density at radius 2 is 1.93 bits per heavy atom. The van der Waals surface area contributed by atoms with Gasteiger partial charge < -0.3 is 21.5 Å². The number of hydrogen-bond donors (Lipinski definition) is 4. The number of nitrogen functional groups attached to an aromatic ring is 2. The standard InChI is InChI=1S/C19H14N10O/c20-7-12-15(22)14-16(27-19(26-9-21)29-18(14)28-17(12)23)10-1-3-11(4-2-10)30-13-8-24-5-6-25-13/h1-6,8,16H,(H6,22,23,26,27,28,29). The zero-order valence-electron chi connectivity index (χ0n) is 15.4. The van der Waals surface area contributed by atoms with E-state index in [-0.39, 0.29) is 23.0 Å². The molecule has 0 saturated carbocycles. The van der Waals surface area contributed by atoms with Gasteiger partial charge in [-0.05, 0) is 17.7 Å². The smallest absolute Gasteiger partial charge is 0.237 e. The Kier molecular flexibility index (Phi) is 4.69. The first kappa shape index (κ1) is 18.5. The number of anilines is 3. The molecule has 146 valence electrons. The van der Waals surface area contributed by atoms with Gasteiger partial charge in [0.2, 0.25) is 11.8 Å². The van der Waals surface area contributed by atoms with Crippen LogP contribution in [-0.4, -0.2) is 20.9 Å². The summed E-state index contributed by atoms with van der Waals surface area (Å²) in [4.78, 5) is 16.7. The highest BCUT2D eigenvalue weighted by Crippen LogP contribution is 2.40. The number of nitriles is 2. The van der Waals surface area contributed by atoms with Crippen molar-refractivity contribution in [1.82, 2.24) is 20.3 Å². The Morgan fingerprint density at radius 3 is 2.60 bits per heavy atom. The van der Waals surface area contributed by atoms with E-state index in [9.17, 15) is 5.26 Å². The average Bonchev–Trinajstić information content (AvgIpc) is 2.75. The first-order chi connectivity index (χ1) is 14.6. The number of aromatic nitrogens is 3. The summed E-state index contributed by atoms with van der Waals surface area (Å²) in [5.41, 5.74) is 13.6. The molecule has 1 aliphatic rings. The van der Waals surface area contributed by atoms with E-state index in [1.54, 1.807) is 30.5 Å². The molecule has 1 aromatic carbocycles. The number of rotatable bonds is 3. The molecule has 0 saturated heterocycles. The first-order valence-electron chi connectivity index (χ1n) is 8.63. The number of ether oxygens (including phenoxy) is 1. The summed E-state index contributed by atoms with van der Waals surface area (Å²) in [5.74, 6) is 1.41. The third-order valence-electron chi connectivity index (χ3n) is 4.32. The van der Waals surface area contributed by atoms with E-state index in [4.69, 9.17) is 21.5 Å². The Hall–Kier alpha value is -4.90. The molecule has 3 aromatic rings. The second-order valence-electron chi connectivity index (χ2n) is 6.12. The van der Waals surface area contributed by atoms with E-state index in [1.165, 1.54) is 12.4 Å². The van der Waals surface area contributed by atoms with Crippen LogP contribution in [0, 0.1) is 22.8 Å². The summed E-state index contributed by atoms with van der Waals surface area (Å²) < 4.78 is 5.65. The maximum Gasteiger partial charge on any atom is 0.237 e. The summed E-state index contributed by atoms with van der Waals surface area (Å²) in [6.45, 7) is 0. The highest BCUT2D eigenvalue weighted by Gasteiger charge is 2.29. The fourth-order valence-corrected chi connectivity index (χ4v) is 3.00. The molecule has 6 N–H and O–H groups in total. The normalized spacial score (nSPS) is 14.3. The Balaban J connectivity index is 1.74. The molecule has 30 heavy (non-hydrogen) atoms. The maximum atomic E-state index is 9.38. The molecule has 11 nitrogen and oxygen atoms in total. The molecule has 1 aliphatic heterocycles. The molecule has 2 aromatic heterocycles. The number of benzene rings is 1. The molecule has 0 aliphatic carbocycles. The minimum atomic E-state index is -0.622. The van der Waals surface area contributed by atoms with Crippen molar-refractivity contribution in [2.24, 2.45) is 4.99 Å². The number of pyridine rings is 1. The van der Waals surface area contributed by atoms with Crippen LogP contribution in [-0.2, 0) is 0 Å². The molecular formula is C19H14N10O. The summed E-state index contributed by atoms with van der Waals surface area (Å²) in [7, 11) is 0. The van der Waals surface area contributed by atoms with Gasteiger partial charge in [0.05, 0.1) is 11.9 Å². The maximum absolute atomic E-state index is 9.38. The lowest BCUT2D eigenvalue weighted by atomic mass is 9.95. The number of nitrogens with two attached hydrogens (primary N) is 2. The van der Waals surface area contributed by atoms with Crippen LogP contribution in [0.5, 0.6) is 11.6 Å². The van der Waals surface area contributed by atoms with Crippen molar-refractivity contribution in [3.05, 3.63) is 59.5 Å². The van der Waals surface area contributed by atoms with Gasteiger partial charge in [-0.1, -0.05) is 12.1 Å². The molecule has 0 bridgehead atoms. The molecule has 11 heteroatoms. The minimum absolute atomic E-state index is 0.00840. The number of fused-ring (bicyclic) bond motifs is 1. The average molecular weight is 398 g/mol.